The summed E-state index contributed by atoms with van der Waals surface area (Å²) in [6.45, 7) is 7.11. The molecule has 36 heavy (non-hydrogen) atoms. The molecule has 2 aromatic heterocycles. The maximum atomic E-state index is 3.30. The van der Waals surface area contributed by atoms with Gasteiger partial charge in [-0.2, -0.15) is 0 Å². The molecule has 3 aromatic carbocycles. The van der Waals surface area contributed by atoms with Gasteiger partial charge >= 0.3 is 0 Å². The van der Waals surface area contributed by atoms with E-state index in [1.807, 2.05) is 12.4 Å². The monoisotopic (exact) mass is 508 g/mol. The van der Waals surface area contributed by atoms with Crippen molar-refractivity contribution < 1.29 is 0 Å². The minimum absolute atomic E-state index is 0.0306. The summed E-state index contributed by atoms with van der Waals surface area (Å²) in [7, 11) is 2.45. The fourth-order valence-corrected chi connectivity index (χ4v) is 7.85. The highest BCUT2D eigenvalue weighted by atomic mass is 31.1. The van der Waals surface area contributed by atoms with E-state index in [9.17, 15) is 0 Å². The molecule has 0 aliphatic rings. The lowest BCUT2D eigenvalue weighted by molar-refractivity contribution is 0.586. The summed E-state index contributed by atoms with van der Waals surface area (Å²) in [4.78, 5) is 6.60. The molecule has 0 amide bonds. The molecule has 0 radical (unpaired) electrons. The van der Waals surface area contributed by atoms with Gasteiger partial charge in [0, 0.05) is 30.9 Å². The van der Waals surface area contributed by atoms with E-state index < -0.39 is 7.92 Å². The second-order valence-electron chi connectivity index (χ2n) is 10.2. The molecule has 0 bridgehead atoms. The number of rotatable bonds is 7. The van der Waals surface area contributed by atoms with Crippen molar-refractivity contribution in [1.82, 2.24) is 9.97 Å². The Morgan fingerprint density at radius 2 is 1.31 bits per heavy atom. The average Bonchev–Trinajstić information content (AvgIpc) is 3.62. The number of benzene rings is 3. The molecule has 4 heteroatoms. The molecule has 1 atom stereocenters. The van der Waals surface area contributed by atoms with Crippen molar-refractivity contribution in [2.75, 3.05) is 0 Å². The van der Waals surface area contributed by atoms with Crippen LogP contribution in [-0.2, 0) is 17.7 Å². The predicted molar refractivity (Wildman–Crippen MR) is 161 cm³/mol. The van der Waals surface area contributed by atoms with Gasteiger partial charge in [-0.25, -0.2) is 0 Å². The third kappa shape index (κ3) is 4.99. The van der Waals surface area contributed by atoms with Crippen LogP contribution in [-0.4, -0.2) is 9.97 Å². The van der Waals surface area contributed by atoms with Crippen LogP contribution < -0.4 is 10.6 Å². The minimum Gasteiger partial charge on any atom is -0.367 e. The van der Waals surface area contributed by atoms with Crippen LogP contribution in [0.4, 0.5) is 0 Å². The number of aromatic amines is 2. The summed E-state index contributed by atoms with van der Waals surface area (Å²) in [5.41, 5.74) is 9.58. The molecule has 5 rings (SSSR count). The molecule has 2 nitrogen and oxygen atoms in total. The Labute approximate surface area is 218 Å². The van der Waals surface area contributed by atoms with Gasteiger partial charge in [0.25, 0.3) is 0 Å². The molecular weight excluding hydrogens is 474 g/mol. The van der Waals surface area contributed by atoms with Crippen LogP contribution in [0.1, 0.15) is 37.5 Å². The topological polar surface area (TPSA) is 31.6 Å². The van der Waals surface area contributed by atoms with E-state index in [0.29, 0.717) is 0 Å². The Bertz CT molecular complexity index is 1360. The standard InChI is InChI=1S/C32H34N2P2/c1-32(2,3)31-29(22-36(26-14-16-33-19-26)27-15-17-34-20-27)25(21-35)18-28(23-10-6-4-7-11-23)30(31)24-12-8-5-9-13-24/h4-20,33-34H,21-22,35H2,1-3H3. The molecule has 182 valence electrons. The number of nitrogens with one attached hydrogen (secondary N) is 2. The zero-order valence-corrected chi connectivity index (χ0v) is 23.3. The fraction of sp³-hybridized carbons (Fsp3) is 0.188. The lowest BCUT2D eigenvalue weighted by Gasteiger charge is -2.32. The Balaban J connectivity index is 1.82. The normalized spacial score (nSPS) is 11.8. The molecule has 5 aromatic rings. The first-order valence-corrected chi connectivity index (χ1v) is 14.8. The molecule has 1 unspecified atom stereocenters. The molecule has 2 N–H and O–H groups in total. The Morgan fingerprint density at radius 3 is 1.78 bits per heavy atom. The molecular formula is C32H34N2P2. The van der Waals surface area contributed by atoms with Crippen LogP contribution in [0.5, 0.6) is 0 Å². The van der Waals surface area contributed by atoms with Gasteiger partial charge in [0.05, 0.1) is 0 Å². The van der Waals surface area contributed by atoms with Crippen LogP contribution in [0.15, 0.2) is 104 Å². The first-order chi connectivity index (χ1) is 17.5. The van der Waals surface area contributed by atoms with Gasteiger partial charge in [-0.05, 0) is 87.3 Å². The van der Waals surface area contributed by atoms with Crippen molar-refractivity contribution >= 4 is 27.8 Å². The van der Waals surface area contributed by atoms with Crippen LogP contribution in [0.3, 0.4) is 0 Å². The summed E-state index contributed by atoms with van der Waals surface area (Å²) < 4.78 is 0. The summed E-state index contributed by atoms with van der Waals surface area (Å²) in [5.74, 6) is 0. The zero-order chi connectivity index (χ0) is 25.1. The minimum atomic E-state index is -0.555. The molecule has 0 saturated heterocycles. The van der Waals surface area contributed by atoms with Gasteiger partial charge in [-0.3, -0.25) is 0 Å². The third-order valence-corrected chi connectivity index (χ3v) is 9.62. The lowest BCUT2D eigenvalue weighted by atomic mass is 9.75. The van der Waals surface area contributed by atoms with Crippen molar-refractivity contribution in [2.45, 2.75) is 38.5 Å². The van der Waals surface area contributed by atoms with Crippen molar-refractivity contribution in [1.29, 1.82) is 0 Å². The Morgan fingerprint density at radius 1 is 0.750 bits per heavy atom. The Kier molecular flexibility index (Phi) is 7.29. The summed E-state index contributed by atoms with van der Waals surface area (Å²) in [6.07, 6.45) is 10.4. The highest BCUT2D eigenvalue weighted by Crippen LogP contribution is 2.48. The van der Waals surface area contributed by atoms with E-state index in [-0.39, 0.29) is 5.41 Å². The number of hydrogen-bond donors (Lipinski definition) is 2. The van der Waals surface area contributed by atoms with Crippen molar-refractivity contribution in [3.05, 3.63) is 120 Å². The highest BCUT2D eigenvalue weighted by Gasteiger charge is 2.29. The van der Waals surface area contributed by atoms with E-state index in [0.717, 1.165) is 12.3 Å². The van der Waals surface area contributed by atoms with Crippen LogP contribution in [0.2, 0.25) is 0 Å². The van der Waals surface area contributed by atoms with E-state index in [1.165, 1.54) is 49.6 Å². The van der Waals surface area contributed by atoms with Crippen LogP contribution in [0.25, 0.3) is 22.3 Å². The largest absolute Gasteiger partial charge is 0.367 e. The second kappa shape index (κ2) is 10.6. The van der Waals surface area contributed by atoms with Gasteiger partial charge in [-0.1, -0.05) is 81.4 Å². The molecule has 0 aliphatic carbocycles. The van der Waals surface area contributed by atoms with E-state index in [1.54, 1.807) is 0 Å². The molecule has 0 spiro atoms. The molecule has 0 saturated carbocycles. The van der Waals surface area contributed by atoms with E-state index in [4.69, 9.17) is 0 Å². The fourth-order valence-electron chi connectivity index (χ4n) is 5.18. The van der Waals surface area contributed by atoms with E-state index >= 15 is 0 Å². The van der Waals surface area contributed by atoms with Gasteiger partial charge < -0.3 is 9.97 Å². The van der Waals surface area contributed by atoms with Crippen molar-refractivity contribution in [2.24, 2.45) is 0 Å². The van der Waals surface area contributed by atoms with E-state index in [2.05, 4.69) is 131 Å². The zero-order valence-electron chi connectivity index (χ0n) is 21.3. The summed E-state index contributed by atoms with van der Waals surface area (Å²) in [6, 6.07) is 28.8. The predicted octanol–water partition coefficient (Wildman–Crippen LogP) is 7.98. The Hall–Kier alpha value is -2.92. The summed E-state index contributed by atoms with van der Waals surface area (Å²) >= 11 is 0. The van der Waals surface area contributed by atoms with Crippen LogP contribution in [0, 0.1) is 0 Å². The number of hydrogen-bond acceptors (Lipinski definition) is 0. The SMILES string of the molecule is CC(C)(C)c1c(CP(c2cc[nH]c2)c2cc[nH]c2)c(CP)cc(-c2ccccc2)c1-c1ccccc1. The maximum Gasteiger partial charge on any atom is 0.00860 e. The summed E-state index contributed by atoms with van der Waals surface area (Å²) in [5, 5.41) is 2.76. The highest BCUT2D eigenvalue weighted by molar-refractivity contribution is 7.72. The molecule has 0 fully saturated rings. The quantitative estimate of drug-likeness (QED) is 0.209. The van der Waals surface area contributed by atoms with Gasteiger partial charge in [-0.15, -0.1) is 9.24 Å². The van der Waals surface area contributed by atoms with Crippen molar-refractivity contribution in [3.63, 3.8) is 0 Å². The van der Waals surface area contributed by atoms with Gasteiger partial charge in [0.15, 0.2) is 0 Å². The third-order valence-electron chi connectivity index (χ3n) is 6.75. The smallest absolute Gasteiger partial charge is 0.00860 e. The molecule has 0 aliphatic heterocycles. The maximum absolute atomic E-state index is 3.30. The molecule has 2 heterocycles. The first kappa shape index (κ1) is 24.8. The lowest BCUT2D eigenvalue weighted by Crippen LogP contribution is -2.20. The average molecular weight is 509 g/mol. The first-order valence-electron chi connectivity index (χ1n) is 12.5. The van der Waals surface area contributed by atoms with Crippen LogP contribution >= 0.6 is 17.2 Å². The number of aromatic nitrogens is 2. The second-order valence-corrected chi connectivity index (χ2v) is 12.8. The number of H-pyrrole nitrogens is 2. The van der Waals surface area contributed by atoms with Gasteiger partial charge in [0.2, 0.25) is 0 Å². The van der Waals surface area contributed by atoms with Gasteiger partial charge in [0.1, 0.15) is 0 Å². The van der Waals surface area contributed by atoms with Crippen molar-refractivity contribution in [3.8, 4) is 22.3 Å².